The van der Waals surface area contributed by atoms with Gasteiger partial charge in [-0.05, 0) is 40.0 Å². The molecule has 0 amide bonds. The Labute approximate surface area is 46.4 Å². The monoisotopic (exact) mass is 182 g/mol. The molecular formula is C4H7I. The third-order valence-corrected chi connectivity index (χ3v) is 1.02. The first-order chi connectivity index (χ1) is 2.27. The van der Waals surface area contributed by atoms with Gasteiger partial charge in [0.05, 0.1) is 0 Å². The molecular weight excluding hydrogens is 175 g/mol. The zero-order valence-corrected chi connectivity index (χ0v) is 5.61. The van der Waals surface area contributed by atoms with E-state index in [4.69, 9.17) is 0 Å². The molecule has 0 atom stereocenters. The number of hydrogen-bond donors (Lipinski definition) is 0. The lowest BCUT2D eigenvalue weighted by Crippen LogP contribution is -1.43. The number of allylic oxidation sites excluding steroid dienone is 2. The Hall–Kier alpha value is 0.470. The van der Waals surface area contributed by atoms with E-state index < -0.39 is 0 Å². The summed E-state index contributed by atoms with van der Waals surface area (Å²) >= 11 is 2.27. The molecule has 0 rings (SSSR count). The average molecular weight is 182 g/mol. The highest BCUT2D eigenvalue weighted by Crippen LogP contribution is 1.99. The van der Waals surface area contributed by atoms with Gasteiger partial charge in [0.2, 0.25) is 0 Å². The quantitative estimate of drug-likeness (QED) is 0.504. The van der Waals surface area contributed by atoms with Gasteiger partial charge in [-0.2, -0.15) is 0 Å². The van der Waals surface area contributed by atoms with Crippen LogP contribution in [-0.4, -0.2) is 0 Å². The maximum absolute atomic E-state index is 2.27. The fourth-order valence-electron chi connectivity index (χ4n) is 0. The SMILES string of the molecule is C/C=C(\C)I. The van der Waals surface area contributed by atoms with Crippen LogP contribution in [0.1, 0.15) is 13.8 Å². The van der Waals surface area contributed by atoms with Crippen molar-refractivity contribution in [3.05, 3.63) is 9.66 Å². The first-order valence-electron chi connectivity index (χ1n) is 1.56. The summed E-state index contributed by atoms with van der Waals surface area (Å²) in [5.41, 5.74) is 0. The summed E-state index contributed by atoms with van der Waals surface area (Å²) in [5, 5.41) is 0. The highest BCUT2D eigenvalue weighted by Gasteiger charge is 1.63. The maximum atomic E-state index is 2.27. The van der Waals surface area contributed by atoms with Crippen LogP contribution in [0.4, 0.5) is 0 Å². The topological polar surface area (TPSA) is 0 Å². The summed E-state index contributed by atoms with van der Waals surface area (Å²) in [6.07, 6.45) is 2.07. The third-order valence-electron chi connectivity index (χ3n) is 0.398. The van der Waals surface area contributed by atoms with Crippen molar-refractivity contribution in [1.29, 1.82) is 0 Å². The minimum absolute atomic E-state index is 1.35. The molecule has 30 valence electrons. The van der Waals surface area contributed by atoms with Crippen molar-refractivity contribution in [2.45, 2.75) is 13.8 Å². The molecule has 0 fully saturated rings. The summed E-state index contributed by atoms with van der Waals surface area (Å²) in [6.45, 7) is 4.10. The van der Waals surface area contributed by atoms with E-state index in [0.29, 0.717) is 0 Å². The fourth-order valence-corrected chi connectivity index (χ4v) is 0. The van der Waals surface area contributed by atoms with Crippen molar-refractivity contribution in [3.63, 3.8) is 0 Å². The van der Waals surface area contributed by atoms with Crippen molar-refractivity contribution in [2.75, 3.05) is 0 Å². The van der Waals surface area contributed by atoms with Crippen LogP contribution in [0, 0.1) is 0 Å². The zero-order valence-electron chi connectivity index (χ0n) is 3.46. The van der Waals surface area contributed by atoms with Gasteiger partial charge in [-0.15, -0.1) is 0 Å². The summed E-state index contributed by atoms with van der Waals surface area (Å²) in [6, 6.07) is 0. The van der Waals surface area contributed by atoms with Gasteiger partial charge in [0.15, 0.2) is 0 Å². The van der Waals surface area contributed by atoms with E-state index in [0.717, 1.165) is 0 Å². The van der Waals surface area contributed by atoms with E-state index in [1.807, 2.05) is 6.92 Å². The van der Waals surface area contributed by atoms with Gasteiger partial charge in [0.1, 0.15) is 0 Å². The van der Waals surface area contributed by atoms with Gasteiger partial charge in [-0.3, -0.25) is 0 Å². The van der Waals surface area contributed by atoms with Crippen molar-refractivity contribution in [2.24, 2.45) is 0 Å². The second kappa shape index (κ2) is 2.69. The van der Waals surface area contributed by atoms with Gasteiger partial charge >= 0.3 is 0 Å². The molecule has 0 heterocycles. The molecule has 0 nitrogen and oxygen atoms in total. The maximum Gasteiger partial charge on any atom is -0.0168 e. The van der Waals surface area contributed by atoms with Crippen molar-refractivity contribution in [1.82, 2.24) is 0 Å². The molecule has 0 saturated carbocycles. The van der Waals surface area contributed by atoms with E-state index in [9.17, 15) is 0 Å². The van der Waals surface area contributed by atoms with Crippen molar-refractivity contribution in [3.8, 4) is 0 Å². The highest BCUT2D eigenvalue weighted by molar-refractivity contribution is 14.1. The Morgan fingerprint density at radius 2 is 2.00 bits per heavy atom. The number of hydrogen-bond acceptors (Lipinski definition) is 0. The largest absolute Gasteiger partial charge is 0.0786 e. The minimum Gasteiger partial charge on any atom is -0.0786 e. The van der Waals surface area contributed by atoms with E-state index in [2.05, 4.69) is 35.6 Å². The molecule has 0 radical (unpaired) electrons. The lowest BCUT2D eigenvalue weighted by molar-refractivity contribution is 1.63. The molecule has 0 aromatic carbocycles. The molecule has 0 aliphatic heterocycles. The molecule has 0 aromatic heterocycles. The van der Waals surface area contributed by atoms with Crippen LogP contribution in [0.2, 0.25) is 0 Å². The van der Waals surface area contributed by atoms with Crippen LogP contribution >= 0.6 is 22.6 Å². The van der Waals surface area contributed by atoms with E-state index in [-0.39, 0.29) is 0 Å². The summed E-state index contributed by atoms with van der Waals surface area (Å²) in [4.78, 5) is 0. The minimum atomic E-state index is 1.35. The predicted molar refractivity (Wildman–Crippen MR) is 33.5 cm³/mol. The van der Waals surface area contributed by atoms with Gasteiger partial charge in [-0.25, -0.2) is 0 Å². The Morgan fingerprint density at radius 1 is 1.80 bits per heavy atom. The Morgan fingerprint density at radius 3 is 2.00 bits per heavy atom. The standard InChI is InChI=1S/C4H7I/c1-3-4(2)5/h3H,1-2H3/b4-3+. The van der Waals surface area contributed by atoms with Gasteiger partial charge in [0, 0.05) is 0 Å². The number of halogens is 1. The summed E-state index contributed by atoms with van der Waals surface area (Å²) in [5.74, 6) is 0. The van der Waals surface area contributed by atoms with Gasteiger partial charge in [0.25, 0.3) is 0 Å². The lowest BCUT2D eigenvalue weighted by atomic mass is 10.6. The summed E-state index contributed by atoms with van der Waals surface area (Å²) < 4.78 is 1.35. The highest BCUT2D eigenvalue weighted by atomic mass is 127. The Kier molecular flexibility index (Phi) is 2.95. The Balaban J connectivity index is 3.14. The normalized spacial score (nSPS) is 12.2. The van der Waals surface area contributed by atoms with Crippen molar-refractivity contribution >= 4 is 22.6 Å². The fraction of sp³-hybridized carbons (Fsp3) is 0.500. The molecule has 0 spiro atoms. The smallest absolute Gasteiger partial charge is 0.0168 e. The second-order valence-electron chi connectivity index (χ2n) is 0.875. The molecule has 0 saturated heterocycles. The van der Waals surface area contributed by atoms with Crippen molar-refractivity contribution < 1.29 is 0 Å². The van der Waals surface area contributed by atoms with Gasteiger partial charge < -0.3 is 0 Å². The third kappa shape index (κ3) is 4.47. The number of rotatable bonds is 0. The molecule has 0 unspecified atom stereocenters. The average Bonchev–Trinajstić information content (AvgIpc) is 1.38. The van der Waals surface area contributed by atoms with Crippen LogP contribution in [0.5, 0.6) is 0 Å². The second-order valence-corrected chi connectivity index (χ2v) is 2.58. The summed E-state index contributed by atoms with van der Waals surface area (Å²) in [7, 11) is 0. The van der Waals surface area contributed by atoms with Gasteiger partial charge in [-0.1, -0.05) is 6.08 Å². The predicted octanol–water partition coefficient (Wildman–Crippen LogP) is 2.35. The van der Waals surface area contributed by atoms with E-state index in [1.165, 1.54) is 3.58 Å². The molecule has 0 N–H and O–H groups in total. The first kappa shape index (κ1) is 5.47. The van der Waals surface area contributed by atoms with E-state index in [1.54, 1.807) is 0 Å². The molecule has 0 aliphatic rings. The molecule has 1 heteroatoms. The zero-order chi connectivity index (χ0) is 4.28. The van der Waals surface area contributed by atoms with Crippen LogP contribution < -0.4 is 0 Å². The van der Waals surface area contributed by atoms with Crippen LogP contribution in [0.15, 0.2) is 9.66 Å². The molecule has 0 bridgehead atoms. The molecule has 5 heavy (non-hydrogen) atoms. The lowest BCUT2D eigenvalue weighted by Gasteiger charge is -1.71. The first-order valence-corrected chi connectivity index (χ1v) is 2.63. The van der Waals surface area contributed by atoms with Crippen LogP contribution in [-0.2, 0) is 0 Å². The molecule has 0 aromatic rings. The van der Waals surface area contributed by atoms with E-state index >= 15 is 0 Å². The Bertz CT molecular complexity index is 41.6. The molecule has 0 aliphatic carbocycles. The van der Waals surface area contributed by atoms with Crippen LogP contribution in [0.3, 0.4) is 0 Å². The van der Waals surface area contributed by atoms with Crippen LogP contribution in [0.25, 0.3) is 0 Å².